The van der Waals surface area contributed by atoms with Crippen LogP contribution in [0.3, 0.4) is 0 Å². The van der Waals surface area contributed by atoms with E-state index in [0.717, 1.165) is 17.5 Å². The number of aliphatic hydroxyl groups is 1. The number of hydrogen-bond acceptors (Lipinski definition) is 2. The van der Waals surface area contributed by atoms with Crippen molar-refractivity contribution in [3.63, 3.8) is 0 Å². The quantitative estimate of drug-likeness (QED) is 0.820. The summed E-state index contributed by atoms with van der Waals surface area (Å²) in [5.74, 6) is 1.68. The highest BCUT2D eigenvalue weighted by Crippen LogP contribution is 2.65. The molecule has 0 aliphatic heterocycles. The van der Waals surface area contributed by atoms with E-state index in [-0.39, 0.29) is 17.8 Å². The minimum Gasteiger partial charge on any atom is -0.399 e. The van der Waals surface area contributed by atoms with Crippen LogP contribution in [0, 0.1) is 17.3 Å². The van der Waals surface area contributed by atoms with Crippen LogP contribution in [0.2, 0.25) is 0 Å². The van der Waals surface area contributed by atoms with E-state index in [0.29, 0.717) is 12.0 Å². The van der Waals surface area contributed by atoms with Crippen LogP contribution in [0.1, 0.15) is 44.1 Å². The molecule has 1 aromatic rings. The first kappa shape index (κ1) is 14.2. The number of nitrogen functional groups attached to an aromatic ring is 1. The van der Waals surface area contributed by atoms with Gasteiger partial charge in [-0.1, -0.05) is 12.1 Å². The normalized spacial score (nSPS) is 41.5. The Bertz CT molecular complexity index is 484. The van der Waals surface area contributed by atoms with Gasteiger partial charge in [0.1, 0.15) is 0 Å². The number of nitrogens with two attached hydrogens (primary N) is 1. The number of aliphatic hydroxyl groups excluding tert-OH is 1. The summed E-state index contributed by atoms with van der Waals surface area (Å²) in [5.41, 5.74) is 8.71. The summed E-state index contributed by atoms with van der Waals surface area (Å²) >= 11 is 0. The van der Waals surface area contributed by atoms with E-state index < -0.39 is 0 Å². The highest BCUT2D eigenvalue weighted by molar-refractivity contribution is 5.85. The Morgan fingerprint density at radius 2 is 1.65 bits per heavy atom. The second-order valence-corrected chi connectivity index (χ2v) is 7.52. The fourth-order valence-corrected chi connectivity index (χ4v) is 5.81. The zero-order chi connectivity index (χ0) is 13.1. The maximum absolute atomic E-state index is 9.92. The maximum atomic E-state index is 9.92. The zero-order valence-corrected chi connectivity index (χ0v) is 12.7. The minimum atomic E-state index is 0. The third-order valence-corrected chi connectivity index (χ3v) is 6.04. The number of hydrogen-bond donors (Lipinski definition) is 2. The van der Waals surface area contributed by atoms with Crippen molar-refractivity contribution in [3.05, 3.63) is 29.8 Å². The Morgan fingerprint density at radius 3 is 2.20 bits per heavy atom. The minimum absolute atomic E-state index is 0. The molecule has 1 aromatic carbocycles. The highest BCUT2D eigenvalue weighted by atomic mass is 35.5. The highest BCUT2D eigenvalue weighted by Gasteiger charge is 2.57. The van der Waals surface area contributed by atoms with E-state index in [2.05, 4.69) is 12.1 Å². The molecule has 0 aromatic heterocycles. The van der Waals surface area contributed by atoms with Crippen molar-refractivity contribution in [1.29, 1.82) is 0 Å². The van der Waals surface area contributed by atoms with Crippen molar-refractivity contribution >= 4 is 18.1 Å². The molecule has 4 aliphatic rings. The largest absolute Gasteiger partial charge is 0.399 e. The van der Waals surface area contributed by atoms with Crippen LogP contribution in [0.4, 0.5) is 5.69 Å². The van der Waals surface area contributed by atoms with Gasteiger partial charge in [0, 0.05) is 12.3 Å². The lowest BCUT2D eigenvalue weighted by Gasteiger charge is -2.62. The van der Waals surface area contributed by atoms with E-state index in [9.17, 15) is 5.11 Å². The summed E-state index contributed by atoms with van der Waals surface area (Å²) in [4.78, 5) is 0. The van der Waals surface area contributed by atoms with Crippen LogP contribution in [-0.2, 0) is 5.41 Å². The molecule has 4 saturated carbocycles. The molecule has 3 heteroatoms. The van der Waals surface area contributed by atoms with E-state index in [1.54, 1.807) is 0 Å². The molecule has 4 bridgehead atoms. The van der Waals surface area contributed by atoms with Gasteiger partial charge in [0.25, 0.3) is 0 Å². The van der Waals surface area contributed by atoms with E-state index in [4.69, 9.17) is 5.73 Å². The van der Waals surface area contributed by atoms with Crippen molar-refractivity contribution in [2.24, 2.45) is 17.3 Å². The molecule has 0 saturated heterocycles. The third kappa shape index (κ3) is 1.96. The van der Waals surface area contributed by atoms with Crippen LogP contribution in [-0.4, -0.2) is 11.7 Å². The summed E-state index contributed by atoms with van der Waals surface area (Å²) in [6, 6.07) is 8.54. The van der Waals surface area contributed by atoms with Crippen LogP contribution < -0.4 is 5.73 Å². The molecule has 2 nitrogen and oxygen atoms in total. The smallest absolute Gasteiger partial charge is 0.0487 e. The topological polar surface area (TPSA) is 46.2 Å². The molecule has 0 radical (unpaired) electrons. The molecule has 5 rings (SSSR count). The van der Waals surface area contributed by atoms with Gasteiger partial charge in [0.15, 0.2) is 0 Å². The first-order chi connectivity index (χ1) is 9.13. The molecule has 2 atom stereocenters. The average Bonchev–Trinajstić information content (AvgIpc) is 2.38. The second-order valence-electron chi connectivity index (χ2n) is 7.52. The van der Waals surface area contributed by atoms with Crippen LogP contribution in [0.5, 0.6) is 0 Å². The summed E-state index contributed by atoms with van der Waals surface area (Å²) in [5, 5.41) is 9.92. The maximum Gasteiger partial charge on any atom is 0.0487 e. The number of benzene rings is 1. The summed E-state index contributed by atoms with van der Waals surface area (Å²) < 4.78 is 0. The van der Waals surface area contributed by atoms with Gasteiger partial charge in [-0.15, -0.1) is 12.4 Å². The van der Waals surface area contributed by atoms with Crippen molar-refractivity contribution < 1.29 is 5.11 Å². The van der Waals surface area contributed by atoms with Crippen molar-refractivity contribution in [2.45, 2.75) is 43.9 Å². The van der Waals surface area contributed by atoms with Crippen molar-refractivity contribution in [3.8, 4) is 0 Å². The molecule has 4 fully saturated rings. The Labute approximate surface area is 127 Å². The molecule has 0 spiro atoms. The molecular weight excluding hydrogens is 270 g/mol. The molecule has 110 valence electrons. The predicted octanol–water partition coefficient (Wildman–Crippen LogP) is 3.52. The number of halogens is 1. The molecule has 4 aliphatic carbocycles. The molecule has 20 heavy (non-hydrogen) atoms. The summed E-state index contributed by atoms with van der Waals surface area (Å²) in [7, 11) is 0. The van der Waals surface area contributed by atoms with Gasteiger partial charge < -0.3 is 10.8 Å². The molecule has 0 amide bonds. The monoisotopic (exact) mass is 293 g/mol. The van der Waals surface area contributed by atoms with Gasteiger partial charge in [0.05, 0.1) is 0 Å². The van der Waals surface area contributed by atoms with Gasteiger partial charge in [-0.3, -0.25) is 0 Å². The predicted molar refractivity (Wildman–Crippen MR) is 84.0 cm³/mol. The van der Waals surface area contributed by atoms with E-state index in [1.807, 2.05) is 12.1 Å². The third-order valence-electron chi connectivity index (χ3n) is 6.04. The second kappa shape index (κ2) is 4.64. The van der Waals surface area contributed by atoms with Gasteiger partial charge >= 0.3 is 0 Å². The Kier molecular flexibility index (Phi) is 3.30. The average molecular weight is 294 g/mol. The molecule has 0 heterocycles. The SMILES string of the molecule is Cl.Nc1ccc(C23CC4CC(CC(CO)(C4)C2)C3)cc1. The van der Waals surface area contributed by atoms with Gasteiger partial charge in [-0.25, -0.2) is 0 Å². The van der Waals surface area contributed by atoms with Crippen LogP contribution >= 0.6 is 12.4 Å². The fraction of sp³-hybridized carbons (Fsp3) is 0.647. The number of anilines is 1. The fourth-order valence-electron chi connectivity index (χ4n) is 5.81. The van der Waals surface area contributed by atoms with Gasteiger partial charge in [0.2, 0.25) is 0 Å². The lowest BCUT2D eigenvalue weighted by atomic mass is 9.43. The van der Waals surface area contributed by atoms with Crippen LogP contribution in [0.25, 0.3) is 0 Å². The lowest BCUT2D eigenvalue weighted by Crippen LogP contribution is -2.55. The van der Waals surface area contributed by atoms with E-state index >= 15 is 0 Å². The Hall–Kier alpha value is -0.730. The van der Waals surface area contributed by atoms with Gasteiger partial charge in [-0.2, -0.15) is 0 Å². The van der Waals surface area contributed by atoms with Crippen molar-refractivity contribution in [1.82, 2.24) is 0 Å². The Balaban J connectivity index is 0.00000121. The summed E-state index contributed by atoms with van der Waals surface area (Å²) in [6.45, 7) is 0.386. The first-order valence-corrected chi connectivity index (χ1v) is 7.60. The van der Waals surface area contributed by atoms with E-state index in [1.165, 1.54) is 44.1 Å². The Morgan fingerprint density at radius 1 is 1.05 bits per heavy atom. The lowest BCUT2D eigenvalue weighted by molar-refractivity contribution is -0.0960. The molecular formula is C17H24ClNO. The van der Waals surface area contributed by atoms with Crippen LogP contribution in [0.15, 0.2) is 24.3 Å². The molecule has 3 N–H and O–H groups in total. The standard InChI is InChI=1S/C17H23NO.ClH/c18-15-3-1-14(2-4-15)17-8-12-5-13(9-17)7-16(6-12,10-17)11-19;/h1-4,12-13,19H,5-11,18H2;1H. The summed E-state index contributed by atoms with van der Waals surface area (Å²) in [6.07, 6.45) is 7.77. The zero-order valence-electron chi connectivity index (χ0n) is 11.8. The number of rotatable bonds is 2. The van der Waals surface area contributed by atoms with Gasteiger partial charge in [-0.05, 0) is 78.9 Å². The van der Waals surface area contributed by atoms with Crippen molar-refractivity contribution in [2.75, 3.05) is 12.3 Å². The first-order valence-electron chi connectivity index (χ1n) is 7.60. The molecule has 2 unspecified atom stereocenters.